The summed E-state index contributed by atoms with van der Waals surface area (Å²) in [5, 5.41) is 12.0. The van der Waals surface area contributed by atoms with E-state index in [4.69, 9.17) is 21.6 Å². The number of halogens is 1. The van der Waals surface area contributed by atoms with Gasteiger partial charge in [-0.2, -0.15) is 5.26 Å². The summed E-state index contributed by atoms with van der Waals surface area (Å²) < 4.78 is 5.75. The number of nitrogens with zero attached hydrogens (tertiary/aromatic N) is 2. The molecule has 1 aliphatic carbocycles. The summed E-state index contributed by atoms with van der Waals surface area (Å²) in [4.78, 5) is 14.4. The van der Waals surface area contributed by atoms with E-state index in [9.17, 15) is 4.79 Å². The summed E-state index contributed by atoms with van der Waals surface area (Å²) in [6.45, 7) is 1.85. The minimum atomic E-state index is -0.0617. The third-order valence-corrected chi connectivity index (χ3v) is 4.63. The average molecular weight is 320 g/mol. The Kier molecular flexibility index (Phi) is 4.63. The van der Waals surface area contributed by atoms with E-state index in [0.29, 0.717) is 35.5 Å². The van der Waals surface area contributed by atoms with Crippen molar-refractivity contribution in [1.29, 1.82) is 5.26 Å². The lowest BCUT2D eigenvalue weighted by Crippen LogP contribution is -2.51. The van der Waals surface area contributed by atoms with Crippen LogP contribution in [0.5, 0.6) is 0 Å². The van der Waals surface area contributed by atoms with Gasteiger partial charge in [0, 0.05) is 18.3 Å². The molecule has 116 valence electrons. The van der Waals surface area contributed by atoms with Crippen LogP contribution in [-0.4, -0.2) is 42.6 Å². The van der Waals surface area contributed by atoms with E-state index in [2.05, 4.69) is 10.2 Å². The topological polar surface area (TPSA) is 65.4 Å². The number of nitrogens with one attached hydrogen (secondary N) is 1. The van der Waals surface area contributed by atoms with Gasteiger partial charge >= 0.3 is 0 Å². The van der Waals surface area contributed by atoms with Gasteiger partial charge in [0.2, 0.25) is 5.91 Å². The smallest absolute Gasteiger partial charge is 0.238 e. The molecule has 0 bridgehead atoms. The third kappa shape index (κ3) is 3.25. The molecule has 1 saturated heterocycles. The monoisotopic (exact) mass is 319 g/mol. The summed E-state index contributed by atoms with van der Waals surface area (Å²) >= 11 is 5.98. The summed E-state index contributed by atoms with van der Waals surface area (Å²) in [6, 6.07) is 7.28. The van der Waals surface area contributed by atoms with Gasteiger partial charge in [-0.1, -0.05) is 11.6 Å². The number of amides is 1. The van der Waals surface area contributed by atoms with Crippen molar-refractivity contribution in [3.63, 3.8) is 0 Å². The summed E-state index contributed by atoms with van der Waals surface area (Å²) in [5.74, 6) is -0.0617. The lowest BCUT2D eigenvalue weighted by Gasteiger charge is -2.37. The van der Waals surface area contributed by atoms with Crippen molar-refractivity contribution >= 4 is 23.2 Å². The fourth-order valence-electron chi connectivity index (χ4n) is 3.27. The number of carbonyl (C=O) groups excluding carboxylic acids is 1. The number of morpholine rings is 1. The number of fused-ring (bicyclic) bond motifs is 1. The van der Waals surface area contributed by atoms with Crippen LogP contribution in [0.25, 0.3) is 0 Å². The molecule has 0 aromatic heterocycles. The highest BCUT2D eigenvalue weighted by Crippen LogP contribution is 2.29. The quantitative estimate of drug-likeness (QED) is 0.929. The molecule has 0 radical (unpaired) electrons. The first kappa shape index (κ1) is 15.3. The Morgan fingerprint density at radius 1 is 1.50 bits per heavy atom. The van der Waals surface area contributed by atoms with Crippen LogP contribution in [-0.2, 0) is 9.53 Å². The molecule has 1 amide bonds. The zero-order valence-electron chi connectivity index (χ0n) is 12.2. The molecule has 1 aromatic rings. The minimum Gasteiger partial charge on any atom is -0.375 e. The molecule has 2 aliphatic rings. The second kappa shape index (κ2) is 6.66. The number of carbonyl (C=O) groups is 1. The summed E-state index contributed by atoms with van der Waals surface area (Å²) in [7, 11) is 0. The Morgan fingerprint density at radius 2 is 2.36 bits per heavy atom. The zero-order valence-corrected chi connectivity index (χ0v) is 13.0. The van der Waals surface area contributed by atoms with Crippen molar-refractivity contribution in [3.05, 3.63) is 28.8 Å². The number of nitriles is 1. The van der Waals surface area contributed by atoms with Gasteiger partial charge < -0.3 is 10.1 Å². The molecule has 1 heterocycles. The van der Waals surface area contributed by atoms with E-state index in [0.717, 1.165) is 19.4 Å². The number of ether oxygens (including phenoxy) is 1. The second-order valence-corrected chi connectivity index (χ2v) is 6.14. The fourth-order valence-corrected chi connectivity index (χ4v) is 3.49. The molecule has 1 aliphatic heterocycles. The molecule has 0 spiro atoms. The first-order valence-corrected chi connectivity index (χ1v) is 7.90. The Labute approximate surface area is 134 Å². The predicted molar refractivity (Wildman–Crippen MR) is 83.7 cm³/mol. The first-order chi connectivity index (χ1) is 10.7. The van der Waals surface area contributed by atoms with Gasteiger partial charge in [-0.25, -0.2) is 0 Å². The van der Waals surface area contributed by atoms with Crippen LogP contribution in [0.4, 0.5) is 5.69 Å². The number of benzene rings is 1. The van der Waals surface area contributed by atoms with Crippen molar-refractivity contribution in [3.8, 4) is 6.07 Å². The summed E-state index contributed by atoms with van der Waals surface area (Å²) in [5.41, 5.74) is 1.02. The number of anilines is 1. The Hall–Kier alpha value is -1.61. The number of rotatable bonds is 3. The van der Waals surface area contributed by atoms with E-state index in [1.807, 2.05) is 6.07 Å². The maximum atomic E-state index is 12.2. The van der Waals surface area contributed by atoms with E-state index in [-0.39, 0.29) is 12.0 Å². The molecular formula is C16H18ClN3O2. The Balaban J connectivity index is 1.60. The highest BCUT2D eigenvalue weighted by atomic mass is 35.5. The van der Waals surface area contributed by atoms with Gasteiger partial charge in [0.05, 0.1) is 29.8 Å². The normalized spacial score (nSPS) is 24.5. The molecular weight excluding hydrogens is 302 g/mol. The number of hydrogen-bond donors (Lipinski definition) is 1. The first-order valence-electron chi connectivity index (χ1n) is 7.52. The van der Waals surface area contributed by atoms with Gasteiger partial charge in [-0.15, -0.1) is 0 Å². The maximum Gasteiger partial charge on any atom is 0.238 e. The molecule has 2 atom stereocenters. The van der Waals surface area contributed by atoms with Crippen LogP contribution in [0.15, 0.2) is 18.2 Å². The molecule has 1 aromatic carbocycles. The standard InChI is InChI=1S/C16H18ClN3O2/c17-13-8-12(5-4-11(13)9-18)19-16(21)10-20-6-7-22-15-3-1-2-14(15)20/h4-5,8,14-15H,1-3,6-7,10H2,(H,19,21)/t14-,15+/m1/s1. The van der Waals surface area contributed by atoms with Gasteiger partial charge in [0.1, 0.15) is 6.07 Å². The molecule has 5 nitrogen and oxygen atoms in total. The van der Waals surface area contributed by atoms with E-state index < -0.39 is 0 Å². The van der Waals surface area contributed by atoms with Gasteiger partial charge in [-0.3, -0.25) is 9.69 Å². The van der Waals surface area contributed by atoms with Crippen LogP contribution in [0.1, 0.15) is 24.8 Å². The van der Waals surface area contributed by atoms with Crippen molar-refractivity contribution in [2.75, 3.05) is 25.0 Å². The molecule has 6 heteroatoms. The van der Waals surface area contributed by atoms with E-state index in [1.165, 1.54) is 6.42 Å². The van der Waals surface area contributed by atoms with Crippen molar-refractivity contribution in [2.24, 2.45) is 0 Å². The largest absolute Gasteiger partial charge is 0.375 e. The van der Waals surface area contributed by atoms with Crippen LogP contribution in [0, 0.1) is 11.3 Å². The van der Waals surface area contributed by atoms with Gasteiger partial charge in [0.15, 0.2) is 0 Å². The predicted octanol–water partition coefficient (Wildman–Crippen LogP) is 2.40. The highest BCUT2D eigenvalue weighted by Gasteiger charge is 2.36. The van der Waals surface area contributed by atoms with Crippen LogP contribution in [0.3, 0.4) is 0 Å². The fraction of sp³-hybridized carbons (Fsp3) is 0.500. The molecule has 2 fully saturated rings. The zero-order chi connectivity index (χ0) is 15.5. The lowest BCUT2D eigenvalue weighted by atomic mass is 10.1. The van der Waals surface area contributed by atoms with E-state index >= 15 is 0 Å². The van der Waals surface area contributed by atoms with Crippen LogP contribution >= 0.6 is 11.6 Å². The Morgan fingerprint density at radius 3 is 3.14 bits per heavy atom. The highest BCUT2D eigenvalue weighted by molar-refractivity contribution is 6.32. The Bertz CT molecular complexity index is 614. The molecule has 22 heavy (non-hydrogen) atoms. The third-order valence-electron chi connectivity index (χ3n) is 4.32. The average Bonchev–Trinajstić information content (AvgIpc) is 2.97. The second-order valence-electron chi connectivity index (χ2n) is 5.73. The summed E-state index contributed by atoms with van der Waals surface area (Å²) in [6.07, 6.45) is 3.64. The minimum absolute atomic E-state index is 0.0617. The molecule has 3 rings (SSSR count). The maximum absolute atomic E-state index is 12.2. The van der Waals surface area contributed by atoms with Crippen LogP contribution in [0.2, 0.25) is 5.02 Å². The van der Waals surface area contributed by atoms with Crippen LogP contribution < -0.4 is 5.32 Å². The van der Waals surface area contributed by atoms with Crippen molar-refractivity contribution in [2.45, 2.75) is 31.4 Å². The van der Waals surface area contributed by atoms with Crippen molar-refractivity contribution < 1.29 is 9.53 Å². The van der Waals surface area contributed by atoms with Gasteiger partial charge in [0.25, 0.3) is 0 Å². The van der Waals surface area contributed by atoms with Gasteiger partial charge in [-0.05, 0) is 37.5 Å². The molecule has 0 unspecified atom stereocenters. The molecule has 1 N–H and O–H groups in total. The molecule has 1 saturated carbocycles. The SMILES string of the molecule is N#Cc1ccc(NC(=O)CN2CCO[C@H]3CCC[C@H]32)cc1Cl. The van der Waals surface area contributed by atoms with Crippen molar-refractivity contribution in [1.82, 2.24) is 4.90 Å². The number of hydrogen-bond acceptors (Lipinski definition) is 4. The van der Waals surface area contributed by atoms with E-state index in [1.54, 1.807) is 18.2 Å². The lowest BCUT2D eigenvalue weighted by molar-refractivity contribution is -0.121.